The Bertz CT molecular complexity index is 823. The second kappa shape index (κ2) is 5.61. The Kier molecular flexibility index (Phi) is 3.44. The summed E-state index contributed by atoms with van der Waals surface area (Å²) >= 11 is 0. The molecule has 0 aliphatic carbocycles. The van der Waals surface area contributed by atoms with E-state index < -0.39 is 0 Å². The minimum Gasteiger partial charge on any atom is -0.346 e. The van der Waals surface area contributed by atoms with E-state index in [0.29, 0.717) is 5.89 Å². The third-order valence-electron chi connectivity index (χ3n) is 4.30. The third-order valence-corrected chi connectivity index (χ3v) is 4.30. The van der Waals surface area contributed by atoms with E-state index in [1.54, 1.807) is 6.33 Å². The lowest BCUT2D eigenvalue weighted by molar-refractivity contribution is 0.358. The Balaban J connectivity index is 1.74. The lowest BCUT2D eigenvalue weighted by Gasteiger charge is -2.24. The van der Waals surface area contributed by atoms with Crippen LogP contribution in [0.25, 0.3) is 10.9 Å². The largest absolute Gasteiger partial charge is 0.346 e. The van der Waals surface area contributed by atoms with Crippen LogP contribution in [0.3, 0.4) is 0 Å². The van der Waals surface area contributed by atoms with Crippen molar-refractivity contribution in [2.45, 2.75) is 38.6 Å². The molecule has 23 heavy (non-hydrogen) atoms. The Morgan fingerprint density at radius 3 is 2.91 bits per heavy atom. The van der Waals surface area contributed by atoms with Crippen LogP contribution < -0.4 is 4.90 Å². The molecule has 1 aliphatic rings. The van der Waals surface area contributed by atoms with Crippen molar-refractivity contribution in [1.29, 1.82) is 0 Å². The number of anilines is 1. The molecule has 1 atom stereocenters. The first-order chi connectivity index (χ1) is 11.2. The summed E-state index contributed by atoms with van der Waals surface area (Å²) in [7, 11) is 0. The van der Waals surface area contributed by atoms with E-state index in [1.165, 1.54) is 0 Å². The second-order valence-corrected chi connectivity index (χ2v) is 6.21. The maximum Gasteiger partial charge on any atom is 0.229 e. The summed E-state index contributed by atoms with van der Waals surface area (Å²) in [5, 5.41) is 5.27. The molecule has 1 saturated heterocycles. The lowest BCUT2D eigenvalue weighted by Crippen LogP contribution is -2.24. The molecule has 3 heterocycles. The smallest absolute Gasteiger partial charge is 0.229 e. The molecule has 1 unspecified atom stereocenters. The molecule has 0 saturated carbocycles. The highest BCUT2D eigenvalue weighted by atomic mass is 16.5. The van der Waals surface area contributed by atoms with E-state index in [-0.39, 0.29) is 12.0 Å². The van der Waals surface area contributed by atoms with Crippen molar-refractivity contribution in [1.82, 2.24) is 20.1 Å². The van der Waals surface area contributed by atoms with Crippen LogP contribution in [0.15, 0.2) is 35.1 Å². The molecule has 0 bridgehead atoms. The topological polar surface area (TPSA) is 67.9 Å². The van der Waals surface area contributed by atoms with Crippen LogP contribution in [0.1, 0.15) is 50.4 Å². The Morgan fingerprint density at radius 1 is 1.22 bits per heavy atom. The van der Waals surface area contributed by atoms with Crippen LogP contribution in [0.5, 0.6) is 0 Å². The lowest BCUT2D eigenvalue weighted by atomic mass is 10.2. The first-order valence-electron chi connectivity index (χ1n) is 8.04. The highest BCUT2D eigenvalue weighted by molar-refractivity contribution is 5.89. The predicted molar refractivity (Wildman–Crippen MR) is 87.2 cm³/mol. The Hall–Kier alpha value is -2.50. The standard InChI is InChI=1S/C17H19N5O/c1-11(2)17-20-15(21-23-17)14-8-5-9-22(14)16-12-6-3-4-7-13(12)18-10-19-16/h3-4,6-7,10-11,14H,5,8-9H2,1-2H3. The second-order valence-electron chi connectivity index (χ2n) is 6.21. The van der Waals surface area contributed by atoms with Gasteiger partial charge in [-0.1, -0.05) is 31.1 Å². The fourth-order valence-corrected chi connectivity index (χ4v) is 3.13. The van der Waals surface area contributed by atoms with Gasteiger partial charge in [0.15, 0.2) is 5.82 Å². The van der Waals surface area contributed by atoms with Gasteiger partial charge in [-0.25, -0.2) is 9.97 Å². The normalized spacial score (nSPS) is 18.2. The summed E-state index contributed by atoms with van der Waals surface area (Å²) in [6, 6.07) is 8.21. The quantitative estimate of drug-likeness (QED) is 0.738. The van der Waals surface area contributed by atoms with Crippen molar-refractivity contribution in [3.63, 3.8) is 0 Å². The Labute approximate surface area is 134 Å². The third kappa shape index (κ3) is 2.44. The van der Waals surface area contributed by atoms with Gasteiger partial charge in [0.1, 0.15) is 12.1 Å². The Morgan fingerprint density at radius 2 is 2.09 bits per heavy atom. The molecule has 0 amide bonds. The molecular formula is C17H19N5O. The maximum absolute atomic E-state index is 5.39. The molecule has 0 spiro atoms. The number of hydrogen-bond donors (Lipinski definition) is 0. The first-order valence-corrected chi connectivity index (χ1v) is 8.04. The molecule has 118 valence electrons. The molecule has 4 rings (SSSR count). The average molecular weight is 309 g/mol. The number of fused-ring (bicyclic) bond motifs is 1. The molecular weight excluding hydrogens is 290 g/mol. The van der Waals surface area contributed by atoms with Crippen molar-refractivity contribution in [3.8, 4) is 0 Å². The number of aromatic nitrogens is 4. The SMILES string of the molecule is CC(C)c1nc(C2CCCN2c2ncnc3ccccc23)no1. The van der Waals surface area contributed by atoms with Crippen LogP contribution >= 0.6 is 0 Å². The summed E-state index contributed by atoms with van der Waals surface area (Å²) in [5.74, 6) is 2.65. The van der Waals surface area contributed by atoms with Gasteiger partial charge >= 0.3 is 0 Å². The number of para-hydroxylation sites is 1. The van der Waals surface area contributed by atoms with Crippen molar-refractivity contribution in [2.75, 3.05) is 11.4 Å². The zero-order valence-electron chi connectivity index (χ0n) is 13.3. The summed E-state index contributed by atoms with van der Waals surface area (Å²) < 4.78 is 5.39. The number of hydrogen-bond acceptors (Lipinski definition) is 6. The van der Waals surface area contributed by atoms with Gasteiger partial charge in [-0.3, -0.25) is 0 Å². The van der Waals surface area contributed by atoms with Crippen molar-refractivity contribution < 1.29 is 4.52 Å². The van der Waals surface area contributed by atoms with Gasteiger partial charge in [0.25, 0.3) is 0 Å². The van der Waals surface area contributed by atoms with Gasteiger partial charge < -0.3 is 9.42 Å². The maximum atomic E-state index is 5.39. The monoisotopic (exact) mass is 309 g/mol. The van der Waals surface area contributed by atoms with Gasteiger partial charge in [0.05, 0.1) is 11.6 Å². The fraction of sp³-hybridized carbons (Fsp3) is 0.412. The molecule has 1 aliphatic heterocycles. The van der Waals surface area contributed by atoms with E-state index in [2.05, 4.69) is 44.9 Å². The van der Waals surface area contributed by atoms with Crippen LogP contribution in [0.2, 0.25) is 0 Å². The molecule has 3 aromatic rings. The predicted octanol–water partition coefficient (Wildman–Crippen LogP) is 3.48. The summed E-state index contributed by atoms with van der Waals surface area (Å²) in [5.41, 5.74) is 0.958. The molecule has 6 nitrogen and oxygen atoms in total. The molecule has 6 heteroatoms. The van der Waals surface area contributed by atoms with E-state index in [9.17, 15) is 0 Å². The van der Waals surface area contributed by atoms with Crippen LogP contribution in [-0.4, -0.2) is 26.7 Å². The minimum absolute atomic E-state index is 0.115. The van der Waals surface area contributed by atoms with Crippen molar-refractivity contribution >= 4 is 16.7 Å². The zero-order valence-corrected chi connectivity index (χ0v) is 13.3. The fourth-order valence-electron chi connectivity index (χ4n) is 3.13. The molecule has 0 N–H and O–H groups in total. The van der Waals surface area contributed by atoms with Gasteiger partial charge in [0, 0.05) is 17.8 Å². The molecule has 0 radical (unpaired) electrons. The van der Waals surface area contributed by atoms with E-state index in [1.807, 2.05) is 18.2 Å². The van der Waals surface area contributed by atoms with E-state index in [4.69, 9.17) is 4.52 Å². The van der Waals surface area contributed by atoms with Crippen molar-refractivity contribution in [3.05, 3.63) is 42.3 Å². The highest BCUT2D eigenvalue weighted by Crippen LogP contribution is 2.36. The number of benzene rings is 1. The van der Waals surface area contributed by atoms with E-state index in [0.717, 1.165) is 41.9 Å². The molecule has 2 aromatic heterocycles. The number of rotatable bonds is 3. The number of nitrogens with zero attached hydrogens (tertiary/aromatic N) is 5. The van der Waals surface area contributed by atoms with E-state index >= 15 is 0 Å². The van der Waals surface area contributed by atoms with Crippen LogP contribution in [-0.2, 0) is 0 Å². The van der Waals surface area contributed by atoms with Gasteiger partial charge in [-0.2, -0.15) is 4.98 Å². The first kappa shape index (κ1) is 14.1. The minimum atomic E-state index is 0.115. The molecule has 1 aromatic carbocycles. The summed E-state index contributed by atoms with van der Waals surface area (Å²) in [6.07, 6.45) is 3.73. The molecule has 1 fully saturated rings. The van der Waals surface area contributed by atoms with Crippen LogP contribution in [0.4, 0.5) is 5.82 Å². The van der Waals surface area contributed by atoms with Gasteiger partial charge in [0.2, 0.25) is 5.89 Å². The summed E-state index contributed by atoms with van der Waals surface area (Å²) in [6.45, 7) is 5.06. The van der Waals surface area contributed by atoms with Gasteiger partial charge in [-0.15, -0.1) is 0 Å². The van der Waals surface area contributed by atoms with Gasteiger partial charge in [-0.05, 0) is 25.0 Å². The zero-order chi connectivity index (χ0) is 15.8. The highest BCUT2D eigenvalue weighted by Gasteiger charge is 2.32. The average Bonchev–Trinajstić information content (AvgIpc) is 3.23. The van der Waals surface area contributed by atoms with Crippen molar-refractivity contribution in [2.24, 2.45) is 0 Å². The van der Waals surface area contributed by atoms with Crippen LogP contribution in [0, 0.1) is 0 Å². The summed E-state index contributed by atoms with van der Waals surface area (Å²) in [4.78, 5) is 15.7.